The molecule has 0 aliphatic rings. The molecule has 7 heteroatoms. The Labute approximate surface area is 132 Å². The minimum absolute atomic E-state index is 0.0458. The predicted molar refractivity (Wildman–Crippen MR) is 81.9 cm³/mol. The van der Waals surface area contributed by atoms with Crippen molar-refractivity contribution in [1.29, 1.82) is 0 Å². The highest BCUT2D eigenvalue weighted by Gasteiger charge is 2.31. The first kappa shape index (κ1) is 18.6. The Morgan fingerprint density at radius 3 is 2.43 bits per heavy atom. The molecule has 1 heterocycles. The summed E-state index contributed by atoms with van der Waals surface area (Å²) in [6.07, 6.45) is -2.52. The molecule has 1 N–H and O–H groups in total. The van der Waals surface area contributed by atoms with Crippen molar-refractivity contribution in [1.82, 2.24) is 10.3 Å². The van der Waals surface area contributed by atoms with E-state index in [1.54, 1.807) is 0 Å². The first-order valence-electron chi connectivity index (χ1n) is 6.66. The van der Waals surface area contributed by atoms with Crippen molar-refractivity contribution in [3.05, 3.63) is 22.8 Å². The first-order valence-corrected chi connectivity index (χ1v) is 8.02. The molecule has 0 atom stereocenters. The van der Waals surface area contributed by atoms with Crippen LogP contribution in [0.2, 0.25) is 5.02 Å². The van der Waals surface area contributed by atoms with Crippen molar-refractivity contribution in [3.8, 4) is 0 Å². The van der Waals surface area contributed by atoms with Crippen LogP contribution in [-0.4, -0.2) is 23.8 Å². The van der Waals surface area contributed by atoms with Crippen molar-refractivity contribution < 1.29 is 13.2 Å². The van der Waals surface area contributed by atoms with Crippen LogP contribution in [-0.2, 0) is 6.18 Å². The number of hydrogen-bond acceptors (Lipinski definition) is 3. The van der Waals surface area contributed by atoms with Gasteiger partial charge in [-0.3, -0.25) is 0 Å². The van der Waals surface area contributed by atoms with Crippen molar-refractivity contribution in [2.24, 2.45) is 5.41 Å². The Morgan fingerprint density at radius 2 is 1.90 bits per heavy atom. The number of nitrogens with one attached hydrogen (secondary N) is 1. The van der Waals surface area contributed by atoms with Gasteiger partial charge in [0.2, 0.25) is 0 Å². The number of rotatable bonds is 6. The van der Waals surface area contributed by atoms with E-state index in [1.807, 2.05) is 0 Å². The second-order valence-electron chi connectivity index (χ2n) is 5.92. The molecule has 120 valence electrons. The van der Waals surface area contributed by atoms with Crippen molar-refractivity contribution >= 4 is 23.4 Å². The molecule has 0 saturated heterocycles. The predicted octanol–water partition coefficient (Wildman–Crippen LogP) is 4.87. The third kappa shape index (κ3) is 7.38. The molecule has 1 aromatic heterocycles. The Morgan fingerprint density at radius 1 is 1.24 bits per heavy atom. The number of alkyl halides is 3. The topological polar surface area (TPSA) is 24.9 Å². The maximum absolute atomic E-state index is 12.5. The molecule has 21 heavy (non-hydrogen) atoms. The molecule has 0 aliphatic carbocycles. The highest BCUT2D eigenvalue weighted by Crippen LogP contribution is 2.33. The normalized spacial score (nSPS) is 12.7. The van der Waals surface area contributed by atoms with Gasteiger partial charge in [-0.25, -0.2) is 4.98 Å². The Kier molecular flexibility index (Phi) is 6.81. The zero-order chi connectivity index (χ0) is 16.1. The molecule has 0 aromatic carbocycles. The van der Waals surface area contributed by atoms with E-state index in [2.05, 4.69) is 31.1 Å². The summed E-state index contributed by atoms with van der Waals surface area (Å²) < 4.78 is 37.4. The summed E-state index contributed by atoms with van der Waals surface area (Å²) in [5, 5.41) is 3.77. The smallest absolute Gasteiger partial charge is 0.316 e. The average Bonchev–Trinajstić information content (AvgIpc) is 2.32. The van der Waals surface area contributed by atoms with Crippen LogP contribution < -0.4 is 5.32 Å². The summed E-state index contributed by atoms with van der Waals surface area (Å²) in [6, 6.07) is 0.921. The molecule has 1 rings (SSSR count). The zero-order valence-corrected chi connectivity index (χ0v) is 13.9. The molecule has 1 aromatic rings. The average molecular weight is 341 g/mol. The summed E-state index contributed by atoms with van der Waals surface area (Å²) in [7, 11) is 0. The number of halogens is 4. The quantitative estimate of drug-likeness (QED) is 0.590. The van der Waals surface area contributed by atoms with Gasteiger partial charge in [-0.2, -0.15) is 13.2 Å². The molecule has 0 fully saturated rings. The Balaban J connectivity index is 2.36. The highest BCUT2D eigenvalue weighted by molar-refractivity contribution is 7.99. The van der Waals surface area contributed by atoms with E-state index in [-0.39, 0.29) is 5.02 Å². The molecule has 0 bridgehead atoms. The van der Waals surface area contributed by atoms with E-state index in [0.717, 1.165) is 31.8 Å². The summed E-state index contributed by atoms with van der Waals surface area (Å²) in [6.45, 7) is 8.21. The maximum atomic E-state index is 12.5. The van der Waals surface area contributed by atoms with E-state index < -0.39 is 11.7 Å². The molecule has 0 unspecified atom stereocenters. The third-order valence-corrected chi connectivity index (χ3v) is 4.11. The Hall–Kier alpha value is -0.460. The SMILES string of the molecule is CC(C)(C)CCNCCSc1ncc(C(F)(F)F)cc1Cl. The van der Waals surface area contributed by atoms with Crippen molar-refractivity contribution in [2.75, 3.05) is 18.8 Å². The van der Waals surface area contributed by atoms with Crippen LogP contribution in [0.3, 0.4) is 0 Å². The van der Waals surface area contributed by atoms with Gasteiger partial charge in [-0.1, -0.05) is 32.4 Å². The third-order valence-electron chi connectivity index (χ3n) is 2.70. The lowest BCUT2D eigenvalue weighted by molar-refractivity contribution is -0.137. The zero-order valence-electron chi connectivity index (χ0n) is 12.4. The number of nitrogens with zero attached hydrogens (tertiary/aromatic N) is 1. The summed E-state index contributed by atoms with van der Waals surface area (Å²) in [5.41, 5.74) is -0.529. The fourth-order valence-corrected chi connectivity index (χ4v) is 2.59. The van der Waals surface area contributed by atoms with E-state index in [9.17, 15) is 13.2 Å². The van der Waals surface area contributed by atoms with Crippen LogP contribution in [0.15, 0.2) is 17.3 Å². The molecule has 0 saturated carbocycles. The minimum Gasteiger partial charge on any atom is -0.316 e. The summed E-state index contributed by atoms with van der Waals surface area (Å²) >= 11 is 7.18. The van der Waals surface area contributed by atoms with Gasteiger partial charge in [0.1, 0.15) is 5.03 Å². The van der Waals surface area contributed by atoms with Crippen LogP contribution >= 0.6 is 23.4 Å². The van der Waals surface area contributed by atoms with Gasteiger partial charge in [0, 0.05) is 18.5 Å². The largest absolute Gasteiger partial charge is 0.417 e. The van der Waals surface area contributed by atoms with E-state index in [4.69, 9.17) is 11.6 Å². The molecule has 0 radical (unpaired) electrons. The molecule has 2 nitrogen and oxygen atoms in total. The summed E-state index contributed by atoms with van der Waals surface area (Å²) in [4.78, 5) is 3.78. The van der Waals surface area contributed by atoms with Gasteiger partial charge in [-0.05, 0) is 24.4 Å². The van der Waals surface area contributed by atoms with Gasteiger partial charge in [-0.15, -0.1) is 11.8 Å². The number of aromatic nitrogens is 1. The van der Waals surface area contributed by atoms with Gasteiger partial charge in [0.15, 0.2) is 0 Å². The van der Waals surface area contributed by atoms with E-state index in [0.29, 0.717) is 16.2 Å². The van der Waals surface area contributed by atoms with E-state index in [1.165, 1.54) is 11.8 Å². The molecule has 0 amide bonds. The first-order chi connectivity index (χ1) is 9.59. The van der Waals surface area contributed by atoms with Gasteiger partial charge >= 0.3 is 6.18 Å². The number of hydrogen-bond donors (Lipinski definition) is 1. The second kappa shape index (κ2) is 7.70. The van der Waals surface area contributed by atoms with Crippen LogP contribution in [0, 0.1) is 5.41 Å². The lowest BCUT2D eigenvalue weighted by Gasteiger charge is -2.18. The molecule has 0 aliphatic heterocycles. The standard InChI is InChI=1S/C14H20ClF3N2S/c1-13(2,3)4-5-19-6-7-21-12-11(15)8-10(9-20-12)14(16,17)18/h8-9,19H,4-7H2,1-3H3. The fourth-order valence-electron chi connectivity index (χ4n) is 1.49. The highest BCUT2D eigenvalue weighted by atomic mass is 35.5. The lowest BCUT2D eigenvalue weighted by atomic mass is 9.92. The van der Waals surface area contributed by atoms with Crippen LogP contribution in [0.25, 0.3) is 0 Å². The lowest BCUT2D eigenvalue weighted by Crippen LogP contribution is -2.22. The van der Waals surface area contributed by atoms with Gasteiger partial charge in [0.05, 0.1) is 10.6 Å². The number of thioether (sulfide) groups is 1. The van der Waals surface area contributed by atoms with Crippen LogP contribution in [0.5, 0.6) is 0 Å². The number of pyridine rings is 1. The van der Waals surface area contributed by atoms with Gasteiger partial charge in [0.25, 0.3) is 0 Å². The van der Waals surface area contributed by atoms with E-state index >= 15 is 0 Å². The minimum atomic E-state index is -4.41. The van der Waals surface area contributed by atoms with Gasteiger partial charge < -0.3 is 5.32 Å². The fraction of sp³-hybridized carbons (Fsp3) is 0.643. The second-order valence-corrected chi connectivity index (χ2v) is 7.41. The van der Waals surface area contributed by atoms with Crippen LogP contribution in [0.4, 0.5) is 13.2 Å². The van der Waals surface area contributed by atoms with Crippen molar-refractivity contribution in [3.63, 3.8) is 0 Å². The molecular formula is C14H20ClF3N2S. The maximum Gasteiger partial charge on any atom is 0.417 e. The van der Waals surface area contributed by atoms with Crippen molar-refractivity contribution in [2.45, 2.75) is 38.4 Å². The molecular weight excluding hydrogens is 321 g/mol. The Bertz CT molecular complexity index is 459. The molecule has 0 spiro atoms. The monoisotopic (exact) mass is 340 g/mol. The van der Waals surface area contributed by atoms with Crippen LogP contribution in [0.1, 0.15) is 32.8 Å². The summed E-state index contributed by atoms with van der Waals surface area (Å²) in [5.74, 6) is 0.711.